The van der Waals surface area contributed by atoms with Crippen LogP contribution < -0.4 is 5.32 Å². The zero-order valence-corrected chi connectivity index (χ0v) is 14.6. The van der Waals surface area contributed by atoms with Gasteiger partial charge in [0.05, 0.1) is 22.7 Å². The van der Waals surface area contributed by atoms with Gasteiger partial charge in [0.25, 0.3) is 0 Å². The van der Waals surface area contributed by atoms with E-state index < -0.39 is 9.84 Å². The van der Waals surface area contributed by atoms with Crippen LogP contribution in [0, 0.1) is 18.8 Å². The summed E-state index contributed by atoms with van der Waals surface area (Å²) in [5.41, 5.74) is 3.02. The van der Waals surface area contributed by atoms with E-state index in [2.05, 4.69) is 24.1 Å². The molecule has 1 aliphatic heterocycles. The van der Waals surface area contributed by atoms with Gasteiger partial charge in [0.2, 0.25) is 0 Å². The standard InChI is InChI=1S/C15H26N2O2S2/c1-3-7-16-9-13(14-6-8-21(18,19)10-14)4-5-15-12(2)17-11-20-15/h11,13-14,16H,3-10H2,1-2H3. The number of nitrogens with zero attached hydrogens (tertiary/aromatic N) is 1. The van der Waals surface area contributed by atoms with E-state index in [1.54, 1.807) is 11.3 Å². The van der Waals surface area contributed by atoms with Crippen molar-refractivity contribution in [3.8, 4) is 0 Å². The van der Waals surface area contributed by atoms with Crippen LogP contribution in [0.15, 0.2) is 5.51 Å². The molecule has 0 aromatic carbocycles. The highest BCUT2D eigenvalue weighted by molar-refractivity contribution is 7.91. The van der Waals surface area contributed by atoms with Crippen LogP contribution >= 0.6 is 11.3 Å². The van der Waals surface area contributed by atoms with Gasteiger partial charge in [0, 0.05) is 4.88 Å². The third kappa shape index (κ3) is 5.04. The van der Waals surface area contributed by atoms with Crippen LogP contribution in [0.4, 0.5) is 0 Å². The Morgan fingerprint density at radius 3 is 2.90 bits per heavy atom. The van der Waals surface area contributed by atoms with Gasteiger partial charge in [-0.3, -0.25) is 0 Å². The van der Waals surface area contributed by atoms with E-state index in [0.29, 0.717) is 23.3 Å². The summed E-state index contributed by atoms with van der Waals surface area (Å²) in [6.07, 6.45) is 4.03. The molecule has 6 heteroatoms. The Morgan fingerprint density at radius 2 is 2.33 bits per heavy atom. The van der Waals surface area contributed by atoms with E-state index in [0.717, 1.165) is 44.5 Å². The van der Waals surface area contributed by atoms with Gasteiger partial charge in [-0.1, -0.05) is 6.92 Å². The molecule has 2 rings (SSSR count). The van der Waals surface area contributed by atoms with Crippen molar-refractivity contribution in [2.45, 2.75) is 39.5 Å². The SMILES string of the molecule is CCCNCC(CCc1scnc1C)C1CCS(=O)(=O)C1. The van der Waals surface area contributed by atoms with Gasteiger partial charge >= 0.3 is 0 Å². The third-order valence-corrected chi connectivity index (χ3v) is 7.14. The highest BCUT2D eigenvalue weighted by Crippen LogP contribution is 2.29. The summed E-state index contributed by atoms with van der Waals surface area (Å²) in [4.78, 5) is 5.64. The zero-order chi connectivity index (χ0) is 15.3. The topological polar surface area (TPSA) is 59.1 Å². The van der Waals surface area contributed by atoms with E-state index in [1.165, 1.54) is 4.88 Å². The lowest BCUT2D eigenvalue weighted by Gasteiger charge is -2.23. The highest BCUT2D eigenvalue weighted by Gasteiger charge is 2.33. The second kappa shape index (κ2) is 7.70. The van der Waals surface area contributed by atoms with Gasteiger partial charge in [-0.05, 0) is 57.5 Å². The maximum absolute atomic E-state index is 11.7. The number of hydrogen-bond acceptors (Lipinski definition) is 5. The number of nitrogens with one attached hydrogen (secondary N) is 1. The van der Waals surface area contributed by atoms with Crippen LogP contribution in [0.3, 0.4) is 0 Å². The molecule has 0 aliphatic carbocycles. The first kappa shape index (κ1) is 16.9. The van der Waals surface area contributed by atoms with Crippen molar-refractivity contribution in [2.24, 2.45) is 11.8 Å². The molecule has 2 unspecified atom stereocenters. The lowest BCUT2D eigenvalue weighted by Crippen LogP contribution is -2.30. The predicted octanol–water partition coefficient (Wildman–Crippen LogP) is 2.43. The molecule has 0 bridgehead atoms. The minimum atomic E-state index is -2.79. The summed E-state index contributed by atoms with van der Waals surface area (Å²) < 4.78 is 23.5. The average Bonchev–Trinajstić information content (AvgIpc) is 3.00. The molecule has 1 N–H and O–H groups in total. The van der Waals surface area contributed by atoms with Gasteiger partial charge in [-0.15, -0.1) is 11.3 Å². The Kier molecular flexibility index (Phi) is 6.20. The monoisotopic (exact) mass is 330 g/mol. The fraction of sp³-hybridized carbons (Fsp3) is 0.800. The van der Waals surface area contributed by atoms with Gasteiger partial charge in [-0.25, -0.2) is 13.4 Å². The van der Waals surface area contributed by atoms with Crippen LogP contribution in [0.1, 0.15) is 36.8 Å². The van der Waals surface area contributed by atoms with Crippen molar-refractivity contribution in [3.05, 3.63) is 16.1 Å². The Hall–Kier alpha value is -0.460. The van der Waals surface area contributed by atoms with E-state index in [4.69, 9.17) is 0 Å². The number of rotatable bonds is 8. The first-order valence-electron chi connectivity index (χ1n) is 7.82. The summed E-state index contributed by atoms with van der Waals surface area (Å²) in [6.45, 7) is 6.15. The number of thiazole rings is 1. The second-order valence-electron chi connectivity index (χ2n) is 6.03. The normalized spacial score (nSPS) is 22.5. The maximum Gasteiger partial charge on any atom is 0.150 e. The highest BCUT2D eigenvalue weighted by atomic mass is 32.2. The van der Waals surface area contributed by atoms with E-state index >= 15 is 0 Å². The number of hydrogen-bond donors (Lipinski definition) is 1. The molecule has 0 spiro atoms. The van der Waals surface area contributed by atoms with Crippen LogP contribution in [0.5, 0.6) is 0 Å². The molecule has 1 aromatic heterocycles. The van der Waals surface area contributed by atoms with Crippen LogP contribution in [-0.2, 0) is 16.3 Å². The maximum atomic E-state index is 11.7. The molecule has 1 aliphatic rings. The van der Waals surface area contributed by atoms with Crippen molar-refractivity contribution >= 4 is 21.2 Å². The van der Waals surface area contributed by atoms with Gasteiger partial charge in [0.15, 0.2) is 9.84 Å². The second-order valence-corrected chi connectivity index (χ2v) is 9.19. The molecule has 1 aromatic rings. The number of aryl methyl sites for hydroxylation is 2. The molecule has 1 saturated heterocycles. The number of sulfone groups is 1. The molecule has 1 fully saturated rings. The molecular weight excluding hydrogens is 304 g/mol. The van der Waals surface area contributed by atoms with Crippen LogP contribution in [-0.4, -0.2) is 38.0 Å². The van der Waals surface area contributed by atoms with Crippen molar-refractivity contribution < 1.29 is 8.42 Å². The van der Waals surface area contributed by atoms with Crippen molar-refractivity contribution in [2.75, 3.05) is 24.6 Å². The molecule has 0 amide bonds. The summed E-state index contributed by atoms with van der Waals surface area (Å²) >= 11 is 1.71. The molecule has 21 heavy (non-hydrogen) atoms. The predicted molar refractivity (Wildman–Crippen MR) is 88.6 cm³/mol. The Labute approximate surface area is 132 Å². The third-order valence-electron chi connectivity index (χ3n) is 4.35. The van der Waals surface area contributed by atoms with Crippen molar-refractivity contribution in [3.63, 3.8) is 0 Å². The van der Waals surface area contributed by atoms with Crippen LogP contribution in [0.2, 0.25) is 0 Å². The fourth-order valence-electron chi connectivity index (χ4n) is 3.05. The number of aromatic nitrogens is 1. The first-order valence-corrected chi connectivity index (χ1v) is 10.5. The Bertz CT molecular complexity index is 540. The largest absolute Gasteiger partial charge is 0.316 e. The summed E-state index contributed by atoms with van der Waals surface area (Å²) in [5, 5.41) is 3.48. The minimum absolute atomic E-state index is 0.326. The zero-order valence-electron chi connectivity index (χ0n) is 13.0. The molecule has 120 valence electrons. The molecule has 4 nitrogen and oxygen atoms in total. The summed E-state index contributed by atoms with van der Waals surface area (Å²) in [5.74, 6) is 1.54. The lowest BCUT2D eigenvalue weighted by molar-refractivity contribution is 0.326. The van der Waals surface area contributed by atoms with Crippen LogP contribution in [0.25, 0.3) is 0 Å². The lowest BCUT2D eigenvalue weighted by atomic mass is 9.87. The quantitative estimate of drug-likeness (QED) is 0.744. The van der Waals surface area contributed by atoms with Crippen molar-refractivity contribution in [1.29, 1.82) is 0 Å². The van der Waals surface area contributed by atoms with E-state index in [1.807, 2.05) is 5.51 Å². The average molecular weight is 331 g/mol. The van der Waals surface area contributed by atoms with Gasteiger partial charge in [0.1, 0.15) is 0 Å². The molecule has 2 atom stereocenters. The Morgan fingerprint density at radius 1 is 1.52 bits per heavy atom. The molecular formula is C15H26N2O2S2. The fourth-order valence-corrected chi connectivity index (χ4v) is 5.76. The summed E-state index contributed by atoms with van der Waals surface area (Å²) in [7, 11) is -2.79. The van der Waals surface area contributed by atoms with Crippen molar-refractivity contribution in [1.82, 2.24) is 10.3 Å². The first-order chi connectivity index (χ1) is 10.0. The van der Waals surface area contributed by atoms with Gasteiger partial charge in [-0.2, -0.15) is 0 Å². The van der Waals surface area contributed by atoms with Gasteiger partial charge < -0.3 is 5.32 Å². The molecule has 2 heterocycles. The molecule has 0 saturated carbocycles. The van der Waals surface area contributed by atoms with E-state index in [-0.39, 0.29) is 0 Å². The smallest absolute Gasteiger partial charge is 0.150 e. The minimum Gasteiger partial charge on any atom is -0.316 e. The summed E-state index contributed by atoms with van der Waals surface area (Å²) in [6, 6.07) is 0. The molecule has 0 radical (unpaired) electrons. The van der Waals surface area contributed by atoms with E-state index in [9.17, 15) is 8.42 Å². The Balaban J connectivity index is 1.93.